The van der Waals surface area contributed by atoms with Gasteiger partial charge in [-0.2, -0.15) is 0 Å². The second kappa shape index (κ2) is 11.6. The van der Waals surface area contributed by atoms with E-state index < -0.39 is 6.09 Å². The first-order chi connectivity index (χ1) is 16.0. The summed E-state index contributed by atoms with van der Waals surface area (Å²) in [4.78, 5) is 26.6. The zero-order valence-corrected chi connectivity index (χ0v) is 18.7. The SMILES string of the molecule is COCCCOc1ccc2c3ccncc3c(=O)n(C)c2c1.NC(=O)OCc1ccccc1. The zero-order chi connectivity index (χ0) is 23.6. The van der Waals surface area contributed by atoms with Crippen molar-refractivity contribution in [2.24, 2.45) is 12.8 Å². The number of rotatable bonds is 7. The molecule has 4 rings (SSSR count). The molecule has 0 aliphatic carbocycles. The maximum Gasteiger partial charge on any atom is 0.404 e. The third-order valence-electron chi connectivity index (χ3n) is 4.96. The van der Waals surface area contributed by atoms with Gasteiger partial charge >= 0.3 is 6.09 Å². The molecule has 8 heteroatoms. The molecule has 0 saturated carbocycles. The van der Waals surface area contributed by atoms with Crippen LogP contribution in [0.25, 0.3) is 21.7 Å². The number of benzene rings is 2. The van der Waals surface area contributed by atoms with Crippen LogP contribution in [0.1, 0.15) is 12.0 Å². The van der Waals surface area contributed by atoms with Crippen molar-refractivity contribution in [3.05, 3.63) is 82.9 Å². The van der Waals surface area contributed by atoms with Gasteiger partial charge in [0.25, 0.3) is 5.56 Å². The van der Waals surface area contributed by atoms with Crippen molar-refractivity contribution in [1.82, 2.24) is 9.55 Å². The number of nitrogens with two attached hydrogens (primary N) is 1. The summed E-state index contributed by atoms with van der Waals surface area (Å²) >= 11 is 0. The number of pyridine rings is 2. The van der Waals surface area contributed by atoms with Gasteiger partial charge < -0.3 is 24.5 Å². The minimum absolute atomic E-state index is 0.0490. The monoisotopic (exact) mass is 449 g/mol. The van der Waals surface area contributed by atoms with E-state index in [-0.39, 0.29) is 12.2 Å². The maximum absolute atomic E-state index is 12.4. The highest BCUT2D eigenvalue weighted by Crippen LogP contribution is 2.25. The second-order valence-electron chi connectivity index (χ2n) is 7.25. The Morgan fingerprint density at radius 2 is 1.82 bits per heavy atom. The molecule has 2 heterocycles. The van der Waals surface area contributed by atoms with Crippen molar-refractivity contribution < 1.29 is 19.0 Å². The van der Waals surface area contributed by atoms with Gasteiger partial charge in [0.2, 0.25) is 0 Å². The molecular formula is C25H27N3O5. The molecule has 33 heavy (non-hydrogen) atoms. The van der Waals surface area contributed by atoms with Crippen LogP contribution in [0.5, 0.6) is 5.75 Å². The molecule has 2 aromatic heterocycles. The molecule has 172 valence electrons. The number of hydrogen-bond acceptors (Lipinski definition) is 6. The third kappa shape index (κ3) is 6.30. The number of primary amides is 1. The highest BCUT2D eigenvalue weighted by Gasteiger charge is 2.09. The van der Waals surface area contributed by atoms with Gasteiger partial charge in [-0.1, -0.05) is 30.3 Å². The second-order valence-corrected chi connectivity index (χ2v) is 7.25. The summed E-state index contributed by atoms with van der Waals surface area (Å²) in [5.41, 5.74) is 6.52. The molecule has 0 aliphatic rings. The molecule has 8 nitrogen and oxygen atoms in total. The van der Waals surface area contributed by atoms with Crippen LogP contribution in [-0.4, -0.2) is 36.0 Å². The highest BCUT2D eigenvalue weighted by atomic mass is 16.5. The van der Waals surface area contributed by atoms with E-state index in [9.17, 15) is 9.59 Å². The predicted molar refractivity (Wildman–Crippen MR) is 127 cm³/mol. The first kappa shape index (κ1) is 23.7. The summed E-state index contributed by atoms with van der Waals surface area (Å²) in [5.74, 6) is 0.756. The number of aryl methyl sites for hydroxylation is 1. The van der Waals surface area contributed by atoms with E-state index in [0.29, 0.717) is 18.6 Å². The van der Waals surface area contributed by atoms with Crippen LogP contribution in [0.3, 0.4) is 0 Å². The number of ether oxygens (including phenoxy) is 3. The summed E-state index contributed by atoms with van der Waals surface area (Å²) in [6, 6.07) is 17.1. The number of nitrogens with zero attached hydrogens (tertiary/aromatic N) is 2. The highest BCUT2D eigenvalue weighted by molar-refractivity contribution is 6.05. The molecule has 4 aromatic rings. The maximum atomic E-state index is 12.4. The number of carbonyl (C=O) groups excluding carboxylic acids is 1. The van der Waals surface area contributed by atoms with Crippen LogP contribution >= 0.6 is 0 Å². The van der Waals surface area contributed by atoms with Gasteiger partial charge in [-0.25, -0.2) is 4.79 Å². The van der Waals surface area contributed by atoms with E-state index >= 15 is 0 Å². The molecular weight excluding hydrogens is 422 g/mol. The molecule has 0 aliphatic heterocycles. The Balaban J connectivity index is 0.000000235. The lowest BCUT2D eigenvalue weighted by molar-refractivity contribution is 0.150. The summed E-state index contributed by atoms with van der Waals surface area (Å²) in [6.45, 7) is 1.50. The van der Waals surface area contributed by atoms with Crippen molar-refractivity contribution in [3.63, 3.8) is 0 Å². The number of methoxy groups -OCH3 is 1. The fourth-order valence-electron chi connectivity index (χ4n) is 3.32. The summed E-state index contributed by atoms with van der Waals surface area (Å²) in [6.07, 6.45) is 3.41. The lowest BCUT2D eigenvalue weighted by Crippen LogP contribution is -2.17. The summed E-state index contributed by atoms with van der Waals surface area (Å²) < 4.78 is 16.9. The largest absolute Gasteiger partial charge is 0.493 e. The predicted octanol–water partition coefficient (Wildman–Crippen LogP) is 3.78. The van der Waals surface area contributed by atoms with Crippen molar-refractivity contribution in [2.45, 2.75) is 13.0 Å². The number of carbonyl (C=O) groups is 1. The Kier molecular flexibility index (Phi) is 8.37. The fraction of sp³-hybridized carbons (Fsp3) is 0.240. The molecule has 0 atom stereocenters. The lowest BCUT2D eigenvalue weighted by Gasteiger charge is -2.11. The first-order valence-corrected chi connectivity index (χ1v) is 10.5. The number of fused-ring (bicyclic) bond motifs is 3. The Labute approximate surface area is 191 Å². The van der Waals surface area contributed by atoms with Gasteiger partial charge in [0, 0.05) is 51.0 Å². The van der Waals surface area contributed by atoms with Crippen LogP contribution in [-0.2, 0) is 23.1 Å². The lowest BCUT2D eigenvalue weighted by atomic mass is 10.1. The Morgan fingerprint density at radius 1 is 1.03 bits per heavy atom. The van der Waals surface area contributed by atoms with Crippen molar-refractivity contribution in [3.8, 4) is 5.75 Å². The molecule has 0 spiro atoms. The van der Waals surface area contributed by atoms with Gasteiger partial charge in [-0.3, -0.25) is 9.78 Å². The third-order valence-corrected chi connectivity index (χ3v) is 4.96. The van der Waals surface area contributed by atoms with Gasteiger partial charge in [0.1, 0.15) is 12.4 Å². The van der Waals surface area contributed by atoms with Crippen molar-refractivity contribution >= 4 is 27.8 Å². The van der Waals surface area contributed by atoms with E-state index in [1.54, 1.807) is 31.1 Å². The van der Waals surface area contributed by atoms with Gasteiger partial charge in [-0.05, 0) is 29.1 Å². The minimum atomic E-state index is -0.742. The Morgan fingerprint density at radius 3 is 2.55 bits per heavy atom. The van der Waals surface area contributed by atoms with Crippen LogP contribution in [0.15, 0.2) is 71.8 Å². The quantitative estimate of drug-likeness (QED) is 0.340. The molecule has 2 aromatic carbocycles. The van der Waals surface area contributed by atoms with Gasteiger partial charge in [-0.15, -0.1) is 0 Å². The fourth-order valence-corrected chi connectivity index (χ4v) is 3.32. The molecule has 2 N–H and O–H groups in total. The normalized spacial score (nSPS) is 10.5. The van der Waals surface area contributed by atoms with Gasteiger partial charge in [0.15, 0.2) is 0 Å². The number of hydrogen-bond donors (Lipinski definition) is 1. The minimum Gasteiger partial charge on any atom is -0.493 e. The average Bonchev–Trinajstić information content (AvgIpc) is 2.85. The molecule has 1 amide bonds. The smallest absolute Gasteiger partial charge is 0.404 e. The molecule has 0 unspecified atom stereocenters. The van der Waals surface area contributed by atoms with E-state index in [0.717, 1.165) is 34.0 Å². The Bertz CT molecular complexity index is 1270. The van der Waals surface area contributed by atoms with Crippen LogP contribution in [0.2, 0.25) is 0 Å². The zero-order valence-electron chi connectivity index (χ0n) is 18.7. The molecule has 0 fully saturated rings. The first-order valence-electron chi connectivity index (χ1n) is 10.5. The topological polar surface area (TPSA) is 106 Å². The molecule has 0 radical (unpaired) electrons. The van der Waals surface area contributed by atoms with Crippen molar-refractivity contribution in [2.75, 3.05) is 20.3 Å². The average molecular weight is 450 g/mol. The van der Waals surface area contributed by atoms with Crippen LogP contribution in [0, 0.1) is 0 Å². The van der Waals surface area contributed by atoms with Crippen LogP contribution < -0.4 is 16.0 Å². The summed E-state index contributed by atoms with van der Waals surface area (Å²) in [5, 5.41) is 2.56. The van der Waals surface area contributed by atoms with E-state index in [4.69, 9.17) is 15.2 Å². The van der Waals surface area contributed by atoms with E-state index in [2.05, 4.69) is 9.72 Å². The van der Waals surface area contributed by atoms with E-state index in [1.807, 2.05) is 54.6 Å². The van der Waals surface area contributed by atoms with Gasteiger partial charge in [0.05, 0.1) is 17.5 Å². The number of aromatic nitrogens is 2. The molecule has 0 bridgehead atoms. The van der Waals surface area contributed by atoms with Crippen LogP contribution in [0.4, 0.5) is 4.79 Å². The molecule has 0 saturated heterocycles. The Hall–Kier alpha value is -3.91. The standard InChI is InChI=1S/C17H18N2O3.C8H9NO2/c1-19-16-10-12(22-9-3-8-21-2)4-5-14(16)13-6-7-18-11-15(13)17(19)20;9-8(10)11-6-7-4-2-1-3-5-7/h4-7,10-11H,3,8-9H2,1-2H3;1-5H,6H2,(H2,9,10). The summed E-state index contributed by atoms with van der Waals surface area (Å²) in [7, 11) is 3.44. The van der Waals surface area contributed by atoms with Crippen molar-refractivity contribution in [1.29, 1.82) is 0 Å². The number of amides is 1. The van der Waals surface area contributed by atoms with E-state index in [1.165, 1.54) is 0 Å².